The second-order valence-electron chi connectivity index (χ2n) is 7.13. The number of anilines is 1. The minimum absolute atomic E-state index is 0.0155. The number of ether oxygens (including phenoxy) is 2. The van der Waals surface area contributed by atoms with Gasteiger partial charge in [-0.05, 0) is 39.8 Å². The van der Waals surface area contributed by atoms with Crippen LogP contribution in [0.2, 0.25) is 0 Å². The van der Waals surface area contributed by atoms with Crippen molar-refractivity contribution in [3.8, 4) is 11.5 Å². The van der Waals surface area contributed by atoms with Crippen LogP contribution in [0.5, 0.6) is 0 Å². The van der Waals surface area contributed by atoms with Gasteiger partial charge >= 0.3 is 0 Å². The molecular weight excluding hydrogens is 316 g/mol. The molecule has 3 heterocycles. The van der Waals surface area contributed by atoms with Crippen molar-refractivity contribution in [2.24, 2.45) is 0 Å². The first-order valence-corrected chi connectivity index (χ1v) is 8.58. The first-order valence-electron chi connectivity index (χ1n) is 8.58. The van der Waals surface area contributed by atoms with E-state index in [-0.39, 0.29) is 11.7 Å². The Morgan fingerprint density at radius 1 is 1.28 bits per heavy atom. The smallest absolute Gasteiger partial charge is 0.180 e. The first-order chi connectivity index (χ1) is 11.9. The largest absolute Gasteiger partial charge is 0.382 e. The standard InChI is InChI=1S/C19H26N4O2/c1-13-14(2)21-17(16-8-6-7-9-20-16)22-18(13)23-10-15(11-24-5)25-19(3,4)12-23/h6-9,15H,10-12H2,1-5H3/t15-/m0/s1. The highest BCUT2D eigenvalue weighted by molar-refractivity contribution is 5.57. The summed E-state index contributed by atoms with van der Waals surface area (Å²) in [6, 6.07) is 5.78. The van der Waals surface area contributed by atoms with Gasteiger partial charge < -0.3 is 14.4 Å². The van der Waals surface area contributed by atoms with Crippen molar-refractivity contribution in [2.45, 2.75) is 39.4 Å². The van der Waals surface area contributed by atoms with Crippen LogP contribution in [0.15, 0.2) is 24.4 Å². The molecule has 6 heteroatoms. The van der Waals surface area contributed by atoms with E-state index in [0.717, 1.165) is 35.9 Å². The zero-order chi connectivity index (χ0) is 18.0. The Hall–Kier alpha value is -2.05. The Labute approximate surface area is 149 Å². The number of morpholine rings is 1. The number of methoxy groups -OCH3 is 1. The van der Waals surface area contributed by atoms with E-state index in [0.29, 0.717) is 12.4 Å². The van der Waals surface area contributed by atoms with Gasteiger partial charge in [-0.1, -0.05) is 6.07 Å². The van der Waals surface area contributed by atoms with E-state index in [4.69, 9.17) is 14.5 Å². The molecule has 0 N–H and O–H groups in total. The minimum atomic E-state index is -0.266. The highest BCUT2D eigenvalue weighted by Gasteiger charge is 2.35. The van der Waals surface area contributed by atoms with Gasteiger partial charge in [0.1, 0.15) is 11.5 Å². The monoisotopic (exact) mass is 342 g/mol. The molecule has 3 rings (SSSR count). The van der Waals surface area contributed by atoms with Crippen molar-refractivity contribution in [1.29, 1.82) is 0 Å². The average Bonchev–Trinajstić information content (AvgIpc) is 2.57. The van der Waals surface area contributed by atoms with Gasteiger partial charge in [-0.15, -0.1) is 0 Å². The maximum absolute atomic E-state index is 6.13. The van der Waals surface area contributed by atoms with E-state index in [9.17, 15) is 0 Å². The van der Waals surface area contributed by atoms with Crippen LogP contribution < -0.4 is 4.90 Å². The van der Waals surface area contributed by atoms with Gasteiger partial charge in [0, 0.05) is 37.7 Å². The molecule has 6 nitrogen and oxygen atoms in total. The molecule has 0 spiro atoms. The molecule has 1 aliphatic rings. The van der Waals surface area contributed by atoms with Crippen molar-refractivity contribution < 1.29 is 9.47 Å². The number of aromatic nitrogens is 3. The molecule has 0 saturated carbocycles. The Bertz CT molecular complexity index is 734. The van der Waals surface area contributed by atoms with E-state index in [1.807, 2.05) is 25.1 Å². The van der Waals surface area contributed by atoms with E-state index in [1.54, 1.807) is 13.3 Å². The normalized spacial score (nSPS) is 19.9. The number of hydrogen-bond donors (Lipinski definition) is 0. The second kappa shape index (κ2) is 7.06. The van der Waals surface area contributed by atoms with Crippen molar-refractivity contribution in [3.63, 3.8) is 0 Å². The molecule has 1 aliphatic heterocycles. The summed E-state index contributed by atoms with van der Waals surface area (Å²) in [6.07, 6.45) is 1.78. The molecule has 1 atom stereocenters. The molecule has 2 aromatic rings. The molecule has 0 unspecified atom stereocenters. The predicted octanol–water partition coefficient (Wildman–Crippen LogP) is 2.79. The molecule has 0 amide bonds. The minimum Gasteiger partial charge on any atom is -0.382 e. The summed E-state index contributed by atoms with van der Waals surface area (Å²) in [4.78, 5) is 16.1. The van der Waals surface area contributed by atoms with Gasteiger partial charge in [0.25, 0.3) is 0 Å². The molecule has 1 fully saturated rings. The summed E-state index contributed by atoms with van der Waals surface area (Å²) < 4.78 is 11.4. The quantitative estimate of drug-likeness (QED) is 0.851. The molecule has 0 radical (unpaired) electrons. The van der Waals surface area contributed by atoms with E-state index < -0.39 is 0 Å². The van der Waals surface area contributed by atoms with Crippen LogP contribution in [0, 0.1) is 13.8 Å². The van der Waals surface area contributed by atoms with E-state index in [1.165, 1.54) is 0 Å². The van der Waals surface area contributed by atoms with Gasteiger partial charge in [0.2, 0.25) is 0 Å². The molecule has 0 aliphatic carbocycles. The maximum Gasteiger partial charge on any atom is 0.180 e. The molecule has 25 heavy (non-hydrogen) atoms. The van der Waals surface area contributed by atoms with Crippen molar-refractivity contribution in [1.82, 2.24) is 15.0 Å². The summed E-state index contributed by atoms with van der Waals surface area (Å²) >= 11 is 0. The maximum atomic E-state index is 6.13. The number of hydrogen-bond acceptors (Lipinski definition) is 6. The van der Waals surface area contributed by atoms with Crippen LogP contribution in [0.4, 0.5) is 5.82 Å². The third-order valence-corrected chi connectivity index (χ3v) is 4.39. The van der Waals surface area contributed by atoms with E-state index >= 15 is 0 Å². The Kier molecular flexibility index (Phi) is 5.01. The Morgan fingerprint density at radius 3 is 2.76 bits per heavy atom. The highest BCUT2D eigenvalue weighted by atomic mass is 16.5. The summed E-state index contributed by atoms with van der Waals surface area (Å²) in [5.41, 5.74) is 2.58. The van der Waals surface area contributed by atoms with Crippen LogP contribution in [0.1, 0.15) is 25.1 Å². The fraction of sp³-hybridized carbons (Fsp3) is 0.526. The molecule has 134 valence electrons. The van der Waals surface area contributed by atoms with Crippen molar-refractivity contribution in [2.75, 3.05) is 31.7 Å². The molecule has 0 bridgehead atoms. The summed E-state index contributed by atoms with van der Waals surface area (Å²) in [6.45, 7) is 10.4. The summed E-state index contributed by atoms with van der Waals surface area (Å²) in [5, 5.41) is 0. The number of aryl methyl sites for hydroxylation is 1. The predicted molar refractivity (Wildman–Crippen MR) is 97.8 cm³/mol. The van der Waals surface area contributed by atoms with Crippen molar-refractivity contribution >= 4 is 5.82 Å². The lowest BCUT2D eigenvalue weighted by atomic mass is 10.0. The van der Waals surface area contributed by atoms with Gasteiger partial charge in [-0.2, -0.15) is 0 Å². The third kappa shape index (κ3) is 3.96. The first kappa shape index (κ1) is 17.8. The van der Waals surface area contributed by atoms with Gasteiger partial charge in [-0.3, -0.25) is 4.98 Å². The molecule has 2 aromatic heterocycles. The Balaban J connectivity index is 1.99. The zero-order valence-electron chi connectivity index (χ0n) is 15.6. The highest BCUT2D eigenvalue weighted by Crippen LogP contribution is 2.29. The Morgan fingerprint density at radius 2 is 2.08 bits per heavy atom. The van der Waals surface area contributed by atoms with Gasteiger partial charge in [0.05, 0.1) is 18.3 Å². The van der Waals surface area contributed by atoms with E-state index in [2.05, 4.69) is 35.6 Å². The van der Waals surface area contributed by atoms with Gasteiger partial charge in [0.15, 0.2) is 5.82 Å². The third-order valence-electron chi connectivity index (χ3n) is 4.39. The lowest BCUT2D eigenvalue weighted by Gasteiger charge is -2.43. The van der Waals surface area contributed by atoms with Crippen LogP contribution in [-0.2, 0) is 9.47 Å². The average molecular weight is 342 g/mol. The lowest BCUT2D eigenvalue weighted by molar-refractivity contribution is -0.106. The topological polar surface area (TPSA) is 60.4 Å². The number of nitrogens with zero attached hydrogens (tertiary/aromatic N) is 4. The molecule has 0 aromatic carbocycles. The zero-order valence-corrected chi connectivity index (χ0v) is 15.6. The van der Waals surface area contributed by atoms with Crippen LogP contribution in [-0.4, -0.2) is 53.5 Å². The lowest BCUT2D eigenvalue weighted by Crippen LogP contribution is -2.54. The summed E-state index contributed by atoms with van der Waals surface area (Å²) in [5.74, 6) is 1.61. The van der Waals surface area contributed by atoms with Gasteiger partial charge in [-0.25, -0.2) is 9.97 Å². The number of pyridine rings is 1. The number of rotatable bonds is 4. The van der Waals surface area contributed by atoms with Crippen LogP contribution in [0.3, 0.4) is 0 Å². The second-order valence-corrected chi connectivity index (χ2v) is 7.13. The van der Waals surface area contributed by atoms with Crippen LogP contribution in [0.25, 0.3) is 11.5 Å². The van der Waals surface area contributed by atoms with Crippen molar-refractivity contribution in [3.05, 3.63) is 35.7 Å². The SMILES string of the molecule is COC[C@@H]1CN(c2nc(-c3ccccn3)nc(C)c2C)CC(C)(C)O1. The molecular formula is C19H26N4O2. The fourth-order valence-corrected chi connectivity index (χ4v) is 3.26. The fourth-order valence-electron chi connectivity index (χ4n) is 3.26. The summed E-state index contributed by atoms with van der Waals surface area (Å²) in [7, 11) is 1.70. The molecule has 1 saturated heterocycles. The van der Waals surface area contributed by atoms with Crippen LogP contribution >= 0.6 is 0 Å².